The molecule has 0 saturated carbocycles. The van der Waals surface area contributed by atoms with Gasteiger partial charge in [0.1, 0.15) is 0 Å². The average molecular weight is 498 g/mol. The smallest absolute Gasteiger partial charge is 0.343 e. The van der Waals surface area contributed by atoms with Crippen LogP contribution in [-0.4, -0.2) is 30.6 Å². The molecule has 0 aliphatic heterocycles. The summed E-state index contributed by atoms with van der Waals surface area (Å²) in [7, 11) is 0. The van der Waals surface area contributed by atoms with Crippen molar-refractivity contribution < 1.29 is 28.3 Å². The van der Waals surface area contributed by atoms with Crippen LogP contribution in [0.4, 0.5) is 5.69 Å². The number of ether oxygens (including phenoxy) is 2. The Morgan fingerprint density at radius 1 is 0.865 bits per heavy atom. The summed E-state index contributed by atoms with van der Waals surface area (Å²) in [6, 6.07) is 23.1. The fourth-order valence-electron chi connectivity index (χ4n) is 3.23. The summed E-state index contributed by atoms with van der Waals surface area (Å²) in [4.78, 5) is 36.9. The fourth-order valence-corrected chi connectivity index (χ4v) is 3.23. The molecule has 0 radical (unpaired) electrons. The van der Waals surface area contributed by atoms with Crippen LogP contribution in [0, 0.1) is 0 Å². The normalized spacial score (nSPS) is 10.6. The second-order valence-corrected chi connectivity index (χ2v) is 7.60. The van der Waals surface area contributed by atoms with Crippen LogP contribution < -0.4 is 20.2 Å². The van der Waals surface area contributed by atoms with Gasteiger partial charge >= 0.3 is 5.97 Å². The maximum absolute atomic E-state index is 12.4. The number of hydrogen-bond donors (Lipinski definition) is 2. The number of furan rings is 1. The molecule has 3 aromatic carbocycles. The molecule has 9 nitrogen and oxygen atoms in total. The highest BCUT2D eigenvalue weighted by molar-refractivity contribution is 6.02. The number of hydrazone groups is 1. The summed E-state index contributed by atoms with van der Waals surface area (Å²) in [5.74, 6) is -0.490. The first kappa shape index (κ1) is 24.9. The molecule has 0 unspecified atom stereocenters. The van der Waals surface area contributed by atoms with Gasteiger partial charge in [0, 0.05) is 11.3 Å². The minimum Gasteiger partial charge on any atom is -0.490 e. The monoisotopic (exact) mass is 497 g/mol. The Kier molecular flexibility index (Phi) is 8.07. The Hall–Kier alpha value is -5.18. The summed E-state index contributed by atoms with van der Waals surface area (Å²) in [6.45, 7) is 2.18. The highest BCUT2D eigenvalue weighted by Crippen LogP contribution is 2.29. The van der Waals surface area contributed by atoms with E-state index in [0.29, 0.717) is 34.7 Å². The molecule has 2 amide bonds. The zero-order valence-corrected chi connectivity index (χ0v) is 19.8. The maximum Gasteiger partial charge on any atom is 0.343 e. The summed E-state index contributed by atoms with van der Waals surface area (Å²) in [5, 5.41) is 6.67. The number of rotatable bonds is 9. The predicted molar refractivity (Wildman–Crippen MR) is 137 cm³/mol. The third-order valence-electron chi connectivity index (χ3n) is 5.01. The van der Waals surface area contributed by atoms with Gasteiger partial charge in [-0.25, -0.2) is 10.2 Å². The van der Waals surface area contributed by atoms with Gasteiger partial charge in [-0.05, 0) is 79.2 Å². The van der Waals surface area contributed by atoms with Crippen molar-refractivity contribution in [3.63, 3.8) is 0 Å². The number of carbonyl (C=O) groups excluding carboxylic acids is 3. The Bertz CT molecular complexity index is 1400. The largest absolute Gasteiger partial charge is 0.490 e. The number of anilines is 1. The third-order valence-corrected chi connectivity index (χ3v) is 5.01. The average Bonchev–Trinajstić information content (AvgIpc) is 3.46. The molecule has 9 heteroatoms. The van der Waals surface area contributed by atoms with Gasteiger partial charge in [0.15, 0.2) is 17.3 Å². The molecule has 0 atom stereocenters. The summed E-state index contributed by atoms with van der Waals surface area (Å²) in [5.41, 5.74) is 4.36. The summed E-state index contributed by atoms with van der Waals surface area (Å²) in [6.07, 6.45) is 2.86. The molecule has 0 fully saturated rings. The van der Waals surface area contributed by atoms with Crippen LogP contribution >= 0.6 is 0 Å². The molecular weight excluding hydrogens is 474 g/mol. The molecule has 0 aliphatic rings. The minimum atomic E-state index is -0.498. The van der Waals surface area contributed by atoms with E-state index in [0.717, 1.165) is 0 Å². The van der Waals surface area contributed by atoms with Gasteiger partial charge in [0.2, 0.25) is 0 Å². The Labute approximate surface area is 212 Å². The molecule has 0 bridgehead atoms. The van der Waals surface area contributed by atoms with E-state index in [1.54, 1.807) is 78.9 Å². The molecule has 37 heavy (non-hydrogen) atoms. The highest BCUT2D eigenvalue weighted by Gasteiger charge is 2.13. The highest BCUT2D eigenvalue weighted by atomic mass is 16.6. The lowest BCUT2D eigenvalue weighted by Crippen LogP contribution is -2.17. The van der Waals surface area contributed by atoms with E-state index in [2.05, 4.69) is 15.8 Å². The van der Waals surface area contributed by atoms with Crippen molar-refractivity contribution in [2.75, 3.05) is 11.9 Å². The van der Waals surface area contributed by atoms with Crippen LogP contribution in [-0.2, 0) is 0 Å². The molecule has 0 aliphatic carbocycles. The number of amides is 2. The van der Waals surface area contributed by atoms with Crippen LogP contribution in [0.2, 0.25) is 0 Å². The molecular formula is C28H23N3O6. The van der Waals surface area contributed by atoms with Crippen molar-refractivity contribution in [3.05, 3.63) is 114 Å². The maximum atomic E-state index is 12.4. The van der Waals surface area contributed by atoms with Crippen LogP contribution in [0.3, 0.4) is 0 Å². The van der Waals surface area contributed by atoms with E-state index in [1.165, 1.54) is 12.5 Å². The van der Waals surface area contributed by atoms with E-state index < -0.39 is 11.9 Å². The number of hydrogen-bond acceptors (Lipinski definition) is 7. The second kappa shape index (κ2) is 12.0. The Morgan fingerprint density at radius 2 is 1.65 bits per heavy atom. The van der Waals surface area contributed by atoms with E-state index in [-0.39, 0.29) is 17.4 Å². The van der Waals surface area contributed by atoms with Crippen LogP contribution in [0.15, 0.2) is 101 Å². The summed E-state index contributed by atoms with van der Waals surface area (Å²) < 4.78 is 16.1. The Morgan fingerprint density at radius 3 is 2.35 bits per heavy atom. The lowest BCUT2D eigenvalue weighted by Gasteiger charge is -2.11. The van der Waals surface area contributed by atoms with Crippen LogP contribution in [0.1, 0.15) is 43.8 Å². The second-order valence-electron chi connectivity index (χ2n) is 7.60. The van der Waals surface area contributed by atoms with Gasteiger partial charge in [0.25, 0.3) is 11.8 Å². The van der Waals surface area contributed by atoms with Gasteiger partial charge in [0.05, 0.1) is 24.6 Å². The van der Waals surface area contributed by atoms with Gasteiger partial charge in [-0.15, -0.1) is 0 Å². The van der Waals surface area contributed by atoms with Gasteiger partial charge < -0.3 is 19.2 Å². The first-order valence-corrected chi connectivity index (χ1v) is 11.4. The molecule has 4 rings (SSSR count). The molecule has 1 heterocycles. The van der Waals surface area contributed by atoms with E-state index >= 15 is 0 Å². The molecule has 0 spiro atoms. The number of nitrogens with zero attached hydrogens (tertiary/aromatic N) is 1. The zero-order chi connectivity index (χ0) is 26.0. The van der Waals surface area contributed by atoms with E-state index in [4.69, 9.17) is 13.9 Å². The first-order chi connectivity index (χ1) is 18.0. The number of carbonyl (C=O) groups is 3. The van der Waals surface area contributed by atoms with Gasteiger partial charge in [-0.2, -0.15) is 5.10 Å². The quantitative estimate of drug-likeness (QED) is 0.147. The standard InChI is InChI=1S/C28H23N3O6/c1-2-35-25-17-19(10-15-23(25)37-28(34)21-7-4-3-5-8-21)18-29-31-26(32)20-11-13-22(14-12-20)30-27(33)24-9-6-16-36-24/h3-18H,2H2,1H3,(H,30,33)(H,31,32)/b29-18+. The van der Waals surface area contributed by atoms with Crippen LogP contribution in [0.25, 0.3) is 0 Å². The van der Waals surface area contributed by atoms with Crippen molar-refractivity contribution in [3.8, 4) is 11.5 Å². The first-order valence-electron chi connectivity index (χ1n) is 11.4. The van der Waals surface area contributed by atoms with Crippen molar-refractivity contribution in [1.82, 2.24) is 5.43 Å². The third kappa shape index (κ3) is 6.70. The van der Waals surface area contributed by atoms with Gasteiger partial charge in [-0.1, -0.05) is 18.2 Å². The molecule has 0 saturated heterocycles. The lowest BCUT2D eigenvalue weighted by molar-refractivity contribution is 0.0728. The number of nitrogens with one attached hydrogen (secondary N) is 2. The van der Waals surface area contributed by atoms with Crippen molar-refractivity contribution in [2.24, 2.45) is 5.10 Å². The van der Waals surface area contributed by atoms with Crippen molar-refractivity contribution in [1.29, 1.82) is 0 Å². The Balaban J connectivity index is 1.36. The van der Waals surface area contributed by atoms with Crippen molar-refractivity contribution in [2.45, 2.75) is 6.92 Å². The van der Waals surface area contributed by atoms with Gasteiger partial charge in [-0.3, -0.25) is 9.59 Å². The van der Waals surface area contributed by atoms with Crippen LogP contribution in [0.5, 0.6) is 11.5 Å². The molecule has 4 aromatic rings. The number of esters is 1. The zero-order valence-electron chi connectivity index (χ0n) is 19.8. The summed E-state index contributed by atoms with van der Waals surface area (Å²) >= 11 is 0. The van der Waals surface area contributed by atoms with E-state index in [1.807, 2.05) is 13.0 Å². The minimum absolute atomic E-state index is 0.186. The lowest BCUT2D eigenvalue weighted by atomic mass is 10.2. The van der Waals surface area contributed by atoms with Crippen molar-refractivity contribution >= 4 is 29.7 Å². The molecule has 2 N–H and O–H groups in total. The predicted octanol–water partition coefficient (Wildman–Crippen LogP) is 4.91. The SMILES string of the molecule is CCOc1cc(/C=N/NC(=O)c2ccc(NC(=O)c3ccco3)cc2)ccc1OC(=O)c1ccccc1. The van der Waals surface area contributed by atoms with E-state index in [9.17, 15) is 14.4 Å². The molecule has 186 valence electrons. The topological polar surface area (TPSA) is 119 Å². The molecule has 1 aromatic heterocycles. The number of benzene rings is 3. The fraction of sp³-hybridized carbons (Fsp3) is 0.0714.